The van der Waals surface area contributed by atoms with Crippen LogP contribution >= 0.6 is 24.0 Å². The maximum atomic E-state index is 11.8. The number of ether oxygens (including phenoxy) is 2. The monoisotopic (exact) mass is 475 g/mol. The van der Waals surface area contributed by atoms with E-state index in [4.69, 9.17) is 21.7 Å². The lowest BCUT2D eigenvalue weighted by Gasteiger charge is -2.26. The van der Waals surface area contributed by atoms with Gasteiger partial charge in [0.2, 0.25) is 0 Å². The van der Waals surface area contributed by atoms with Crippen LogP contribution in [-0.4, -0.2) is 23.4 Å². The number of amides is 1. The Kier molecular flexibility index (Phi) is 7.16. The summed E-state index contributed by atoms with van der Waals surface area (Å²) in [6.45, 7) is 5.29. The van der Waals surface area contributed by atoms with Crippen molar-refractivity contribution in [1.82, 2.24) is 5.32 Å². The van der Waals surface area contributed by atoms with Crippen molar-refractivity contribution in [3.05, 3.63) is 100 Å². The van der Waals surface area contributed by atoms with E-state index in [0.717, 1.165) is 17.1 Å². The summed E-state index contributed by atoms with van der Waals surface area (Å²) < 4.78 is 12.2. The van der Waals surface area contributed by atoms with E-state index < -0.39 is 0 Å². The number of hydrogen-bond donors (Lipinski definition) is 1. The zero-order chi connectivity index (χ0) is 23.3. The van der Waals surface area contributed by atoms with Gasteiger partial charge in [0.15, 0.2) is 0 Å². The molecular formula is C27H25NO3S2. The van der Waals surface area contributed by atoms with Crippen LogP contribution in [0.2, 0.25) is 0 Å². The van der Waals surface area contributed by atoms with E-state index in [9.17, 15) is 4.79 Å². The van der Waals surface area contributed by atoms with Crippen molar-refractivity contribution < 1.29 is 14.3 Å². The normalized spacial score (nSPS) is 14.9. The van der Waals surface area contributed by atoms with Gasteiger partial charge in [-0.2, -0.15) is 0 Å². The van der Waals surface area contributed by atoms with Crippen molar-refractivity contribution in [2.24, 2.45) is 0 Å². The van der Waals surface area contributed by atoms with Gasteiger partial charge in [0.05, 0.1) is 4.91 Å². The molecule has 1 aliphatic rings. The number of thiocarbonyl (C=S) groups is 1. The fourth-order valence-electron chi connectivity index (χ4n) is 3.57. The van der Waals surface area contributed by atoms with Crippen molar-refractivity contribution in [1.29, 1.82) is 0 Å². The predicted octanol–water partition coefficient (Wildman–Crippen LogP) is 5.96. The Morgan fingerprint density at radius 1 is 0.879 bits per heavy atom. The Morgan fingerprint density at radius 3 is 2.21 bits per heavy atom. The lowest BCUT2D eigenvalue weighted by molar-refractivity contribution is -0.115. The van der Waals surface area contributed by atoms with Crippen molar-refractivity contribution in [3.63, 3.8) is 0 Å². The summed E-state index contributed by atoms with van der Waals surface area (Å²) in [4.78, 5) is 12.4. The molecule has 4 rings (SSSR count). The molecule has 1 saturated heterocycles. The van der Waals surface area contributed by atoms with Crippen LogP contribution in [0.15, 0.2) is 83.8 Å². The molecule has 0 spiro atoms. The topological polar surface area (TPSA) is 47.6 Å². The number of benzene rings is 3. The first kappa shape index (κ1) is 23.1. The fourth-order valence-corrected chi connectivity index (χ4v) is 4.62. The van der Waals surface area contributed by atoms with E-state index >= 15 is 0 Å². The first-order valence-corrected chi connectivity index (χ1v) is 11.9. The molecule has 168 valence electrons. The van der Waals surface area contributed by atoms with Gasteiger partial charge in [0.1, 0.15) is 29.0 Å². The molecule has 0 aromatic heterocycles. The maximum absolute atomic E-state index is 11.8. The summed E-state index contributed by atoms with van der Waals surface area (Å²) in [5.41, 5.74) is 3.32. The van der Waals surface area contributed by atoms with Gasteiger partial charge in [-0.3, -0.25) is 4.79 Å². The zero-order valence-electron chi connectivity index (χ0n) is 18.5. The summed E-state index contributed by atoms with van der Waals surface area (Å²) in [6.07, 6.45) is 1.81. The highest BCUT2D eigenvalue weighted by Gasteiger charge is 2.23. The van der Waals surface area contributed by atoms with Gasteiger partial charge < -0.3 is 14.8 Å². The standard InChI is InChI=1S/C27H25NO3S2/c1-27(2,20-8-4-3-5-9-20)21-11-13-22(14-12-21)30-15-16-31-23-10-6-7-19(17-23)18-24-25(29)28-26(32)33-24/h3-14,17-18H,15-16H2,1-2H3,(H,28,29,32)/b24-18+. The number of carbonyl (C=O) groups is 1. The summed E-state index contributed by atoms with van der Waals surface area (Å²) in [7, 11) is 0. The second-order valence-electron chi connectivity index (χ2n) is 8.14. The summed E-state index contributed by atoms with van der Waals surface area (Å²) in [5, 5.41) is 2.62. The molecule has 0 bridgehead atoms. The van der Waals surface area contributed by atoms with Gasteiger partial charge in [-0.05, 0) is 47.0 Å². The quantitative estimate of drug-likeness (QED) is 0.247. The SMILES string of the molecule is CC(C)(c1ccccc1)c1ccc(OCCOc2cccc(/C=C3/SC(=S)NC3=O)c2)cc1. The van der Waals surface area contributed by atoms with Crippen LogP contribution in [0.5, 0.6) is 11.5 Å². The van der Waals surface area contributed by atoms with Crippen LogP contribution in [-0.2, 0) is 10.2 Å². The molecular weight excluding hydrogens is 450 g/mol. The summed E-state index contributed by atoms with van der Waals surface area (Å²) in [6, 6.07) is 26.3. The molecule has 1 fully saturated rings. The molecule has 6 heteroatoms. The van der Waals surface area contributed by atoms with Crippen LogP contribution in [0, 0.1) is 0 Å². The number of thioether (sulfide) groups is 1. The van der Waals surface area contributed by atoms with E-state index in [1.165, 1.54) is 22.9 Å². The minimum Gasteiger partial charge on any atom is -0.490 e. The Bertz CT molecular complexity index is 1170. The first-order chi connectivity index (χ1) is 15.9. The Hall–Kier alpha value is -3.09. The van der Waals surface area contributed by atoms with Crippen LogP contribution in [0.3, 0.4) is 0 Å². The van der Waals surface area contributed by atoms with Gasteiger partial charge in [-0.15, -0.1) is 0 Å². The van der Waals surface area contributed by atoms with Crippen molar-refractivity contribution >= 4 is 40.3 Å². The molecule has 3 aromatic rings. The minimum absolute atomic E-state index is 0.0776. The van der Waals surface area contributed by atoms with Crippen molar-refractivity contribution in [2.75, 3.05) is 13.2 Å². The highest BCUT2D eigenvalue weighted by molar-refractivity contribution is 8.26. The van der Waals surface area contributed by atoms with Crippen LogP contribution in [0.1, 0.15) is 30.5 Å². The van der Waals surface area contributed by atoms with Gasteiger partial charge in [0, 0.05) is 5.41 Å². The van der Waals surface area contributed by atoms with E-state index in [0.29, 0.717) is 22.4 Å². The second kappa shape index (κ2) is 10.2. The third-order valence-electron chi connectivity index (χ3n) is 5.49. The average molecular weight is 476 g/mol. The van der Waals surface area contributed by atoms with Crippen LogP contribution in [0.4, 0.5) is 0 Å². The van der Waals surface area contributed by atoms with Crippen molar-refractivity contribution in [2.45, 2.75) is 19.3 Å². The molecule has 1 amide bonds. The molecule has 1 aliphatic heterocycles. The van der Waals surface area contributed by atoms with Gasteiger partial charge in [0.25, 0.3) is 5.91 Å². The molecule has 0 saturated carbocycles. The Morgan fingerprint density at radius 2 is 1.55 bits per heavy atom. The minimum atomic E-state index is -0.164. The molecule has 0 atom stereocenters. The van der Waals surface area contributed by atoms with Gasteiger partial charge in [-0.25, -0.2) is 0 Å². The van der Waals surface area contributed by atoms with Crippen LogP contribution < -0.4 is 14.8 Å². The summed E-state index contributed by atoms with van der Waals surface area (Å²) >= 11 is 6.29. The van der Waals surface area contributed by atoms with Gasteiger partial charge in [-0.1, -0.05) is 92.4 Å². The lowest BCUT2D eigenvalue weighted by Crippen LogP contribution is -2.18. The summed E-state index contributed by atoms with van der Waals surface area (Å²) in [5.74, 6) is 1.37. The maximum Gasteiger partial charge on any atom is 0.263 e. The molecule has 0 radical (unpaired) electrons. The van der Waals surface area contributed by atoms with Gasteiger partial charge >= 0.3 is 0 Å². The largest absolute Gasteiger partial charge is 0.490 e. The predicted molar refractivity (Wildman–Crippen MR) is 139 cm³/mol. The fraction of sp³-hybridized carbons (Fsp3) is 0.185. The Labute approximate surface area is 204 Å². The van der Waals surface area contributed by atoms with E-state index in [1.807, 2.05) is 42.5 Å². The smallest absolute Gasteiger partial charge is 0.263 e. The zero-order valence-corrected chi connectivity index (χ0v) is 20.2. The third kappa shape index (κ3) is 5.83. The first-order valence-electron chi connectivity index (χ1n) is 10.7. The lowest BCUT2D eigenvalue weighted by atomic mass is 9.78. The molecule has 3 aromatic carbocycles. The third-order valence-corrected chi connectivity index (χ3v) is 6.65. The Balaban J connectivity index is 1.29. The number of carbonyl (C=O) groups excluding carboxylic acids is 1. The molecule has 1 heterocycles. The second-order valence-corrected chi connectivity index (χ2v) is 9.86. The molecule has 1 N–H and O–H groups in total. The number of rotatable bonds is 8. The highest BCUT2D eigenvalue weighted by atomic mass is 32.2. The average Bonchev–Trinajstić information content (AvgIpc) is 3.14. The molecule has 4 nitrogen and oxygen atoms in total. The van der Waals surface area contributed by atoms with Crippen LogP contribution in [0.25, 0.3) is 6.08 Å². The number of nitrogens with one attached hydrogen (secondary N) is 1. The van der Waals surface area contributed by atoms with E-state index in [-0.39, 0.29) is 11.3 Å². The van der Waals surface area contributed by atoms with E-state index in [2.05, 4.69) is 55.6 Å². The van der Waals surface area contributed by atoms with E-state index in [1.54, 1.807) is 6.08 Å². The van der Waals surface area contributed by atoms with Crippen molar-refractivity contribution in [3.8, 4) is 11.5 Å². The molecule has 33 heavy (non-hydrogen) atoms. The number of hydrogen-bond acceptors (Lipinski definition) is 5. The molecule has 0 aliphatic carbocycles. The molecule has 0 unspecified atom stereocenters. The highest BCUT2D eigenvalue weighted by Crippen LogP contribution is 2.32.